The van der Waals surface area contributed by atoms with Gasteiger partial charge in [0.25, 0.3) is 0 Å². The van der Waals surface area contributed by atoms with Gasteiger partial charge in [0.1, 0.15) is 0 Å². The summed E-state index contributed by atoms with van der Waals surface area (Å²) in [5.41, 5.74) is 1.19. The van der Waals surface area contributed by atoms with Crippen LogP contribution in [0.25, 0.3) is 0 Å². The Hall–Kier alpha value is 0.0900. The maximum absolute atomic E-state index is 11.3. The van der Waals surface area contributed by atoms with E-state index in [2.05, 4.69) is 43.2 Å². The molecule has 0 spiro atoms. The first kappa shape index (κ1) is 14.5. The molecule has 1 fully saturated rings. The molecule has 0 bridgehead atoms. The molecular formula is C12H15Br2NO2S. The van der Waals surface area contributed by atoms with Crippen molar-refractivity contribution in [1.29, 1.82) is 0 Å². The Morgan fingerprint density at radius 1 is 1.28 bits per heavy atom. The molecule has 0 aromatic heterocycles. The highest BCUT2D eigenvalue weighted by molar-refractivity contribution is 9.13. The summed E-state index contributed by atoms with van der Waals surface area (Å²) in [4.78, 5) is 0. The van der Waals surface area contributed by atoms with Gasteiger partial charge in [0.2, 0.25) is 0 Å². The van der Waals surface area contributed by atoms with E-state index >= 15 is 0 Å². The van der Waals surface area contributed by atoms with Crippen LogP contribution in [0.4, 0.5) is 0 Å². The summed E-state index contributed by atoms with van der Waals surface area (Å²) in [7, 11) is -2.76. The van der Waals surface area contributed by atoms with E-state index in [-0.39, 0.29) is 5.92 Å². The molecule has 0 radical (unpaired) electrons. The summed E-state index contributed by atoms with van der Waals surface area (Å²) < 4.78 is 24.7. The van der Waals surface area contributed by atoms with Gasteiger partial charge >= 0.3 is 0 Å². The van der Waals surface area contributed by atoms with Crippen LogP contribution in [0.1, 0.15) is 12.0 Å². The van der Waals surface area contributed by atoms with Crippen molar-refractivity contribution >= 4 is 41.7 Å². The molecule has 3 nitrogen and oxygen atoms in total. The zero-order valence-corrected chi connectivity index (χ0v) is 13.8. The molecular weight excluding hydrogens is 382 g/mol. The van der Waals surface area contributed by atoms with E-state index in [4.69, 9.17) is 0 Å². The van der Waals surface area contributed by atoms with Crippen molar-refractivity contribution in [1.82, 2.24) is 5.32 Å². The zero-order chi connectivity index (χ0) is 13.2. The van der Waals surface area contributed by atoms with Gasteiger partial charge in [-0.25, -0.2) is 8.42 Å². The van der Waals surface area contributed by atoms with E-state index in [0.29, 0.717) is 11.5 Å². The van der Waals surface area contributed by atoms with E-state index in [1.807, 2.05) is 12.1 Å². The van der Waals surface area contributed by atoms with Gasteiger partial charge < -0.3 is 5.32 Å². The minimum Gasteiger partial charge on any atom is -0.312 e. The minimum absolute atomic E-state index is 0.272. The molecule has 0 saturated carbocycles. The molecule has 0 amide bonds. The standard InChI is InChI=1S/C12H15Br2NO2S/c13-11-2-1-9(5-12(11)14)6-15-7-10-3-4-18(16,17)8-10/h1-2,5,10,15H,3-4,6-8H2. The van der Waals surface area contributed by atoms with Gasteiger partial charge in [-0.1, -0.05) is 6.07 Å². The maximum Gasteiger partial charge on any atom is 0.150 e. The molecule has 1 aromatic carbocycles. The normalized spacial score (nSPS) is 22.2. The summed E-state index contributed by atoms with van der Waals surface area (Å²) in [5.74, 6) is 0.960. The van der Waals surface area contributed by atoms with Crippen LogP contribution >= 0.6 is 31.9 Å². The van der Waals surface area contributed by atoms with E-state index < -0.39 is 9.84 Å². The lowest BCUT2D eigenvalue weighted by atomic mass is 10.1. The van der Waals surface area contributed by atoms with Crippen LogP contribution in [-0.4, -0.2) is 26.5 Å². The molecule has 18 heavy (non-hydrogen) atoms. The fraction of sp³-hybridized carbons (Fsp3) is 0.500. The zero-order valence-electron chi connectivity index (χ0n) is 9.83. The van der Waals surface area contributed by atoms with Crippen molar-refractivity contribution in [2.75, 3.05) is 18.1 Å². The van der Waals surface area contributed by atoms with Crippen LogP contribution in [-0.2, 0) is 16.4 Å². The van der Waals surface area contributed by atoms with E-state index in [1.54, 1.807) is 0 Å². The van der Waals surface area contributed by atoms with Gasteiger partial charge in [-0.05, 0) is 68.4 Å². The van der Waals surface area contributed by atoms with Crippen molar-refractivity contribution in [2.45, 2.75) is 13.0 Å². The Labute approximate surface area is 125 Å². The Morgan fingerprint density at radius 3 is 2.67 bits per heavy atom. The van der Waals surface area contributed by atoms with Gasteiger partial charge in [-0.3, -0.25) is 0 Å². The van der Waals surface area contributed by atoms with Gasteiger partial charge in [0.15, 0.2) is 9.84 Å². The number of sulfone groups is 1. The van der Waals surface area contributed by atoms with Crippen LogP contribution in [0, 0.1) is 5.92 Å². The van der Waals surface area contributed by atoms with Crippen molar-refractivity contribution < 1.29 is 8.42 Å². The first-order valence-electron chi connectivity index (χ1n) is 5.81. The third-order valence-electron chi connectivity index (χ3n) is 3.07. The Bertz CT molecular complexity index is 531. The van der Waals surface area contributed by atoms with E-state index in [1.165, 1.54) is 5.56 Å². The SMILES string of the molecule is O=S1(=O)CCC(CNCc2ccc(Br)c(Br)c2)C1. The van der Waals surface area contributed by atoms with Gasteiger partial charge in [-0.2, -0.15) is 0 Å². The summed E-state index contributed by atoms with van der Waals surface area (Å²) in [6.07, 6.45) is 0.791. The molecule has 1 N–H and O–H groups in total. The Morgan fingerprint density at radius 2 is 2.06 bits per heavy atom. The second-order valence-corrected chi connectivity index (χ2v) is 8.59. The highest BCUT2D eigenvalue weighted by atomic mass is 79.9. The van der Waals surface area contributed by atoms with Crippen molar-refractivity contribution in [3.8, 4) is 0 Å². The number of rotatable bonds is 4. The highest BCUT2D eigenvalue weighted by Crippen LogP contribution is 2.24. The third-order valence-corrected chi connectivity index (χ3v) is 6.79. The topological polar surface area (TPSA) is 46.2 Å². The first-order valence-corrected chi connectivity index (χ1v) is 9.22. The lowest BCUT2D eigenvalue weighted by Crippen LogP contribution is -2.23. The molecule has 1 aliphatic heterocycles. The summed E-state index contributed by atoms with van der Waals surface area (Å²) in [5, 5.41) is 3.33. The average Bonchev–Trinajstić information content (AvgIpc) is 2.63. The largest absolute Gasteiger partial charge is 0.312 e. The van der Waals surface area contributed by atoms with Crippen molar-refractivity contribution in [2.24, 2.45) is 5.92 Å². The molecule has 0 aliphatic carbocycles. The molecule has 1 aromatic rings. The molecule has 1 atom stereocenters. The number of benzene rings is 1. The number of halogens is 2. The Kier molecular flexibility index (Phi) is 4.86. The van der Waals surface area contributed by atoms with Gasteiger partial charge in [-0.15, -0.1) is 0 Å². The van der Waals surface area contributed by atoms with Gasteiger partial charge in [0, 0.05) is 15.5 Å². The van der Waals surface area contributed by atoms with Crippen LogP contribution in [0.3, 0.4) is 0 Å². The predicted molar refractivity (Wildman–Crippen MR) is 80.3 cm³/mol. The van der Waals surface area contributed by atoms with Crippen LogP contribution in [0.5, 0.6) is 0 Å². The fourth-order valence-electron chi connectivity index (χ4n) is 2.10. The molecule has 100 valence electrons. The molecule has 1 heterocycles. The molecule has 6 heteroatoms. The first-order chi connectivity index (χ1) is 8.46. The monoisotopic (exact) mass is 395 g/mol. The summed E-state index contributed by atoms with van der Waals surface area (Å²) in [6, 6.07) is 6.11. The fourth-order valence-corrected chi connectivity index (χ4v) is 4.64. The van der Waals surface area contributed by atoms with Crippen molar-refractivity contribution in [3.05, 3.63) is 32.7 Å². The van der Waals surface area contributed by atoms with E-state index in [0.717, 1.165) is 28.5 Å². The highest BCUT2D eigenvalue weighted by Gasteiger charge is 2.27. The summed E-state index contributed by atoms with van der Waals surface area (Å²) in [6.45, 7) is 1.54. The molecule has 1 unspecified atom stereocenters. The number of nitrogens with one attached hydrogen (secondary N) is 1. The number of hydrogen-bond donors (Lipinski definition) is 1. The Balaban J connectivity index is 1.80. The quantitative estimate of drug-likeness (QED) is 0.850. The maximum atomic E-state index is 11.3. The predicted octanol–water partition coefficient (Wildman–Crippen LogP) is 2.74. The lowest BCUT2D eigenvalue weighted by molar-refractivity contribution is 0.521. The number of hydrogen-bond acceptors (Lipinski definition) is 3. The van der Waals surface area contributed by atoms with E-state index in [9.17, 15) is 8.42 Å². The third kappa shape index (κ3) is 4.05. The average molecular weight is 397 g/mol. The second-order valence-electron chi connectivity index (χ2n) is 4.65. The van der Waals surface area contributed by atoms with Crippen LogP contribution in [0.2, 0.25) is 0 Å². The molecule has 1 aliphatic rings. The molecule has 2 rings (SSSR count). The summed E-state index contributed by atoms with van der Waals surface area (Å²) >= 11 is 6.90. The smallest absolute Gasteiger partial charge is 0.150 e. The van der Waals surface area contributed by atoms with Crippen LogP contribution in [0.15, 0.2) is 27.1 Å². The van der Waals surface area contributed by atoms with Crippen molar-refractivity contribution in [3.63, 3.8) is 0 Å². The van der Waals surface area contributed by atoms with Crippen LogP contribution < -0.4 is 5.32 Å². The lowest BCUT2D eigenvalue weighted by Gasteiger charge is -2.10. The van der Waals surface area contributed by atoms with Gasteiger partial charge in [0.05, 0.1) is 11.5 Å². The second kappa shape index (κ2) is 6.03. The minimum atomic E-state index is -2.76. The molecule has 1 saturated heterocycles.